The van der Waals surface area contributed by atoms with Gasteiger partial charge in [-0.25, -0.2) is 0 Å². The Morgan fingerprint density at radius 1 is 1.31 bits per heavy atom. The zero-order valence-corrected chi connectivity index (χ0v) is 7.19. The Labute approximate surface area is 76.6 Å². The molecule has 0 spiro atoms. The third-order valence-electron chi connectivity index (χ3n) is 2.39. The van der Waals surface area contributed by atoms with Gasteiger partial charge >= 0.3 is 0 Å². The fourth-order valence-corrected chi connectivity index (χ4v) is 1.65. The fourth-order valence-electron chi connectivity index (χ4n) is 1.65. The lowest BCUT2D eigenvalue weighted by Crippen LogP contribution is -2.43. The molecule has 0 bridgehead atoms. The van der Waals surface area contributed by atoms with Gasteiger partial charge in [0.1, 0.15) is 6.09 Å². The van der Waals surface area contributed by atoms with Crippen molar-refractivity contribution in [1.29, 1.82) is 0 Å². The number of nitrogens with zero attached hydrogens (tertiary/aromatic N) is 1. The Balaban J connectivity index is 2.24. The van der Waals surface area contributed by atoms with E-state index in [4.69, 9.17) is 0 Å². The zero-order valence-electron chi connectivity index (χ0n) is 7.19. The van der Waals surface area contributed by atoms with E-state index < -0.39 is 6.09 Å². The van der Waals surface area contributed by atoms with Crippen LogP contribution in [0.2, 0.25) is 0 Å². The van der Waals surface area contributed by atoms with Crippen LogP contribution in [-0.2, 0) is 13.0 Å². The van der Waals surface area contributed by atoms with Crippen LogP contribution in [0.25, 0.3) is 0 Å². The van der Waals surface area contributed by atoms with E-state index >= 15 is 0 Å². The largest absolute Gasteiger partial charge is 0.530 e. The van der Waals surface area contributed by atoms with Gasteiger partial charge in [-0.05, 0) is 17.5 Å². The summed E-state index contributed by atoms with van der Waals surface area (Å²) in [6.07, 6.45) is -0.279. The first-order valence-corrected chi connectivity index (χ1v) is 4.30. The zero-order chi connectivity index (χ0) is 9.26. The number of amides is 1. The van der Waals surface area contributed by atoms with Gasteiger partial charge in [0.2, 0.25) is 0 Å². The molecule has 0 radical (unpaired) electrons. The lowest BCUT2D eigenvalue weighted by Gasteiger charge is -2.30. The van der Waals surface area contributed by atoms with Gasteiger partial charge in [0.05, 0.1) is 0 Å². The lowest BCUT2D eigenvalue weighted by molar-refractivity contribution is -0.266. The number of hydrogen-bond acceptors (Lipinski definition) is 2. The van der Waals surface area contributed by atoms with Crippen LogP contribution in [0.15, 0.2) is 24.3 Å². The van der Waals surface area contributed by atoms with E-state index in [1.54, 1.807) is 0 Å². The molecule has 3 nitrogen and oxygen atoms in total. The van der Waals surface area contributed by atoms with Gasteiger partial charge in [0.25, 0.3) is 0 Å². The van der Waals surface area contributed by atoms with Gasteiger partial charge in [-0.15, -0.1) is 0 Å². The van der Waals surface area contributed by atoms with Crippen LogP contribution in [0.1, 0.15) is 11.1 Å². The molecule has 0 unspecified atom stereocenters. The van der Waals surface area contributed by atoms with Gasteiger partial charge in [-0.2, -0.15) is 0 Å². The maximum absolute atomic E-state index is 10.6. The summed E-state index contributed by atoms with van der Waals surface area (Å²) in [5.41, 5.74) is 2.35. The molecule has 0 aliphatic carbocycles. The molecule has 0 atom stereocenters. The van der Waals surface area contributed by atoms with Crippen molar-refractivity contribution in [2.45, 2.75) is 13.0 Å². The van der Waals surface area contributed by atoms with Crippen molar-refractivity contribution in [3.05, 3.63) is 35.4 Å². The topological polar surface area (TPSA) is 43.4 Å². The average molecular weight is 176 g/mol. The highest BCUT2D eigenvalue weighted by Crippen LogP contribution is 2.17. The van der Waals surface area contributed by atoms with E-state index in [2.05, 4.69) is 0 Å². The first-order chi connectivity index (χ1) is 6.27. The molecule has 0 fully saturated rings. The summed E-state index contributed by atoms with van der Waals surface area (Å²) >= 11 is 0. The Hall–Kier alpha value is -1.51. The highest BCUT2D eigenvalue weighted by molar-refractivity contribution is 5.63. The molecule has 1 amide bonds. The predicted molar refractivity (Wildman–Crippen MR) is 46.0 cm³/mol. The normalized spacial score (nSPS) is 15.2. The van der Waals surface area contributed by atoms with E-state index in [9.17, 15) is 9.90 Å². The van der Waals surface area contributed by atoms with E-state index in [0.29, 0.717) is 13.1 Å². The van der Waals surface area contributed by atoms with Crippen molar-refractivity contribution in [3.8, 4) is 0 Å². The lowest BCUT2D eigenvalue weighted by atomic mass is 10.0. The van der Waals surface area contributed by atoms with Crippen LogP contribution in [0.5, 0.6) is 0 Å². The Morgan fingerprint density at radius 3 is 2.69 bits per heavy atom. The molecule has 68 valence electrons. The molecule has 1 aliphatic heterocycles. The fraction of sp³-hybridized carbons (Fsp3) is 0.300. The molecule has 1 aliphatic rings. The quantitative estimate of drug-likeness (QED) is 0.574. The minimum absolute atomic E-state index is 0.471. The van der Waals surface area contributed by atoms with Gasteiger partial charge in [0.15, 0.2) is 0 Å². The van der Waals surface area contributed by atoms with Crippen LogP contribution < -0.4 is 5.11 Å². The number of carboxylic acid groups (broad SMARTS) is 1. The summed E-state index contributed by atoms with van der Waals surface area (Å²) < 4.78 is 0. The molecule has 0 saturated heterocycles. The maximum atomic E-state index is 10.6. The van der Waals surface area contributed by atoms with Crippen molar-refractivity contribution >= 4 is 6.09 Å². The van der Waals surface area contributed by atoms with Gasteiger partial charge < -0.3 is 14.8 Å². The molecule has 13 heavy (non-hydrogen) atoms. The van der Waals surface area contributed by atoms with E-state index in [1.165, 1.54) is 10.5 Å². The summed E-state index contributed by atoms with van der Waals surface area (Å²) in [6, 6.07) is 7.91. The summed E-state index contributed by atoms with van der Waals surface area (Å²) in [4.78, 5) is 11.9. The molecule has 0 saturated carbocycles. The van der Waals surface area contributed by atoms with Crippen LogP contribution >= 0.6 is 0 Å². The van der Waals surface area contributed by atoms with Crippen molar-refractivity contribution < 1.29 is 9.90 Å². The van der Waals surface area contributed by atoms with Gasteiger partial charge in [-0.3, -0.25) is 0 Å². The monoisotopic (exact) mass is 176 g/mol. The van der Waals surface area contributed by atoms with Crippen molar-refractivity contribution in [2.75, 3.05) is 6.54 Å². The third-order valence-corrected chi connectivity index (χ3v) is 2.39. The second kappa shape index (κ2) is 3.09. The number of fused-ring (bicyclic) bond motifs is 1. The predicted octanol–water partition coefficient (Wildman–Crippen LogP) is 0.388. The maximum Gasteiger partial charge on any atom is 0.137 e. The highest BCUT2D eigenvalue weighted by Gasteiger charge is 2.14. The van der Waals surface area contributed by atoms with Crippen molar-refractivity contribution in [3.63, 3.8) is 0 Å². The van der Waals surface area contributed by atoms with Crippen LogP contribution in [0.4, 0.5) is 4.79 Å². The SMILES string of the molecule is O=C([O-])N1CCc2ccccc2C1. The number of carbonyl (C=O) groups is 1. The Kier molecular flexibility index (Phi) is 1.93. The smallest absolute Gasteiger partial charge is 0.137 e. The summed E-state index contributed by atoms with van der Waals surface area (Å²) in [5.74, 6) is 0. The van der Waals surface area contributed by atoms with Crippen LogP contribution in [0, 0.1) is 0 Å². The van der Waals surface area contributed by atoms with Crippen molar-refractivity contribution in [1.82, 2.24) is 4.90 Å². The van der Waals surface area contributed by atoms with E-state index in [-0.39, 0.29) is 0 Å². The van der Waals surface area contributed by atoms with Gasteiger partial charge in [0, 0.05) is 13.1 Å². The van der Waals surface area contributed by atoms with Crippen LogP contribution in [-0.4, -0.2) is 17.5 Å². The standard InChI is InChI=1S/C10H11NO2/c12-10(13)11-6-5-8-3-1-2-4-9(8)7-11/h1-4H,5-7H2,(H,12,13)/p-1. The molecular weight excluding hydrogens is 166 g/mol. The van der Waals surface area contributed by atoms with E-state index in [0.717, 1.165) is 12.0 Å². The molecular formula is C10H10NO2-. The van der Waals surface area contributed by atoms with Crippen molar-refractivity contribution in [2.24, 2.45) is 0 Å². The number of carbonyl (C=O) groups excluding carboxylic acids is 1. The second-order valence-electron chi connectivity index (χ2n) is 3.21. The summed E-state index contributed by atoms with van der Waals surface area (Å²) in [7, 11) is 0. The molecule has 3 heteroatoms. The molecule has 0 N–H and O–H groups in total. The van der Waals surface area contributed by atoms with E-state index in [1.807, 2.05) is 24.3 Å². The average Bonchev–Trinajstić information content (AvgIpc) is 2.17. The first-order valence-electron chi connectivity index (χ1n) is 4.30. The molecule has 0 aromatic heterocycles. The third kappa shape index (κ3) is 1.49. The Bertz CT molecular complexity index is 335. The molecule has 2 rings (SSSR count). The number of hydrogen-bond donors (Lipinski definition) is 0. The molecule has 1 aromatic rings. The second-order valence-corrected chi connectivity index (χ2v) is 3.21. The number of rotatable bonds is 0. The molecule has 1 aromatic carbocycles. The summed E-state index contributed by atoms with van der Waals surface area (Å²) in [6.45, 7) is 1.03. The summed E-state index contributed by atoms with van der Waals surface area (Å²) in [5, 5.41) is 10.6. The van der Waals surface area contributed by atoms with Gasteiger partial charge in [-0.1, -0.05) is 24.3 Å². The first kappa shape index (κ1) is 8.10. The minimum atomic E-state index is -1.07. The molecule has 1 heterocycles. The minimum Gasteiger partial charge on any atom is -0.530 e. The number of benzene rings is 1. The Morgan fingerprint density at radius 2 is 2.00 bits per heavy atom. The highest BCUT2D eigenvalue weighted by atomic mass is 16.4. The van der Waals surface area contributed by atoms with Crippen LogP contribution in [0.3, 0.4) is 0 Å².